The van der Waals surface area contributed by atoms with Crippen molar-refractivity contribution in [1.82, 2.24) is 4.98 Å². The smallest absolute Gasteiger partial charge is 0.144 e. The number of hydrogen-bond acceptors (Lipinski definition) is 4. The molecule has 0 aliphatic heterocycles. The molecular weight excluding hydrogens is 308 g/mol. The Morgan fingerprint density at radius 1 is 1.22 bits per heavy atom. The van der Waals surface area contributed by atoms with Crippen LogP contribution in [0.3, 0.4) is 0 Å². The molecule has 0 unspecified atom stereocenters. The van der Waals surface area contributed by atoms with E-state index >= 15 is 0 Å². The minimum atomic E-state index is 0.500. The Labute approximate surface area is 141 Å². The fourth-order valence-electron chi connectivity index (χ4n) is 3.10. The highest BCUT2D eigenvalue weighted by Gasteiger charge is 2.22. The quantitative estimate of drug-likeness (QED) is 0.901. The third-order valence-electron chi connectivity index (χ3n) is 4.16. The number of nitrogens with two attached hydrogens (primary N) is 1. The van der Waals surface area contributed by atoms with Crippen LogP contribution in [0.15, 0.2) is 24.3 Å². The molecule has 0 saturated carbocycles. The predicted octanol–water partition coefficient (Wildman–Crippen LogP) is 3.52. The van der Waals surface area contributed by atoms with Gasteiger partial charge in [0, 0.05) is 29.4 Å². The van der Waals surface area contributed by atoms with Gasteiger partial charge in [0.25, 0.3) is 0 Å². The Bertz CT molecular complexity index is 747. The molecule has 5 heteroatoms. The first-order valence-electron chi connectivity index (χ1n) is 7.90. The molecule has 0 spiro atoms. The molecule has 3 rings (SSSR count). The summed E-state index contributed by atoms with van der Waals surface area (Å²) in [5.74, 6) is 0.642. The number of nitrogens with zero attached hydrogens (tertiary/aromatic N) is 2. The Kier molecular flexibility index (Phi) is 4.80. The Morgan fingerprint density at radius 3 is 2.65 bits per heavy atom. The van der Waals surface area contributed by atoms with Gasteiger partial charge in [-0.2, -0.15) is 5.26 Å². The fourth-order valence-corrected chi connectivity index (χ4v) is 3.23. The van der Waals surface area contributed by atoms with Crippen LogP contribution in [-0.2, 0) is 12.8 Å². The van der Waals surface area contributed by atoms with E-state index in [0.717, 1.165) is 42.5 Å². The predicted molar refractivity (Wildman–Crippen MR) is 93.6 cm³/mol. The molecule has 2 aromatic rings. The van der Waals surface area contributed by atoms with Crippen LogP contribution in [0.2, 0.25) is 5.02 Å². The number of fused-ring (bicyclic) bond motifs is 1. The first kappa shape index (κ1) is 15.8. The lowest BCUT2D eigenvalue weighted by atomic mass is 9.86. The lowest BCUT2D eigenvalue weighted by Crippen LogP contribution is -2.17. The van der Waals surface area contributed by atoms with Gasteiger partial charge in [0.15, 0.2) is 0 Å². The molecule has 1 aromatic heterocycles. The van der Waals surface area contributed by atoms with Crippen molar-refractivity contribution in [2.75, 3.05) is 18.4 Å². The highest BCUT2D eigenvalue weighted by Crippen LogP contribution is 2.36. The van der Waals surface area contributed by atoms with Crippen LogP contribution in [0.1, 0.15) is 29.7 Å². The summed E-state index contributed by atoms with van der Waals surface area (Å²) < 4.78 is 0. The molecule has 1 aliphatic rings. The van der Waals surface area contributed by atoms with Gasteiger partial charge in [-0.1, -0.05) is 23.7 Å². The monoisotopic (exact) mass is 326 g/mol. The maximum Gasteiger partial charge on any atom is 0.144 e. The second-order valence-corrected chi connectivity index (χ2v) is 6.11. The molecule has 1 heterocycles. The van der Waals surface area contributed by atoms with Crippen LogP contribution in [-0.4, -0.2) is 18.1 Å². The molecular formula is C18H19ClN4. The third kappa shape index (κ3) is 3.17. The molecule has 1 aromatic carbocycles. The first-order valence-corrected chi connectivity index (χ1v) is 8.28. The van der Waals surface area contributed by atoms with Crippen LogP contribution in [0.5, 0.6) is 0 Å². The van der Waals surface area contributed by atoms with Gasteiger partial charge in [-0.3, -0.25) is 0 Å². The molecule has 0 atom stereocenters. The van der Waals surface area contributed by atoms with Gasteiger partial charge in [0.1, 0.15) is 17.5 Å². The summed E-state index contributed by atoms with van der Waals surface area (Å²) in [5.41, 5.74) is 10.5. The summed E-state index contributed by atoms with van der Waals surface area (Å²) in [7, 11) is 0. The van der Waals surface area contributed by atoms with E-state index in [9.17, 15) is 5.26 Å². The van der Waals surface area contributed by atoms with Gasteiger partial charge in [-0.15, -0.1) is 0 Å². The normalized spacial score (nSPS) is 13.3. The van der Waals surface area contributed by atoms with E-state index in [0.29, 0.717) is 29.5 Å². The zero-order valence-electron chi connectivity index (χ0n) is 12.9. The minimum Gasteiger partial charge on any atom is -0.368 e. The van der Waals surface area contributed by atoms with Crippen molar-refractivity contribution in [2.24, 2.45) is 5.73 Å². The summed E-state index contributed by atoms with van der Waals surface area (Å²) in [6.45, 7) is 1.10. The van der Waals surface area contributed by atoms with E-state index in [1.54, 1.807) is 0 Å². The van der Waals surface area contributed by atoms with Gasteiger partial charge in [0.05, 0.1) is 0 Å². The average molecular weight is 327 g/mol. The molecule has 0 fully saturated rings. The molecule has 23 heavy (non-hydrogen) atoms. The van der Waals surface area contributed by atoms with Gasteiger partial charge < -0.3 is 11.1 Å². The van der Waals surface area contributed by atoms with E-state index in [2.05, 4.69) is 11.4 Å². The number of benzene rings is 1. The van der Waals surface area contributed by atoms with Crippen molar-refractivity contribution in [1.29, 1.82) is 5.26 Å². The molecule has 0 radical (unpaired) electrons. The van der Waals surface area contributed by atoms with E-state index < -0.39 is 0 Å². The summed E-state index contributed by atoms with van der Waals surface area (Å²) in [6.07, 6.45) is 4.20. The number of pyridine rings is 1. The van der Waals surface area contributed by atoms with E-state index in [1.165, 1.54) is 5.56 Å². The minimum absolute atomic E-state index is 0.500. The van der Waals surface area contributed by atoms with Crippen LogP contribution >= 0.6 is 11.6 Å². The van der Waals surface area contributed by atoms with Crippen molar-refractivity contribution < 1.29 is 0 Å². The number of aromatic nitrogens is 1. The number of rotatable bonds is 4. The van der Waals surface area contributed by atoms with E-state index in [4.69, 9.17) is 22.3 Å². The van der Waals surface area contributed by atoms with Crippen molar-refractivity contribution in [3.63, 3.8) is 0 Å². The van der Waals surface area contributed by atoms with Crippen molar-refractivity contribution in [3.8, 4) is 17.2 Å². The molecule has 0 amide bonds. The number of anilines is 1. The van der Waals surface area contributed by atoms with Crippen LogP contribution < -0.4 is 11.1 Å². The van der Waals surface area contributed by atoms with Crippen LogP contribution in [0.25, 0.3) is 11.1 Å². The average Bonchev–Trinajstić information content (AvgIpc) is 2.59. The molecule has 1 aliphatic carbocycles. The number of nitrogens with one attached hydrogen (secondary N) is 1. The van der Waals surface area contributed by atoms with Gasteiger partial charge in [0.2, 0.25) is 0 Å². The summed E-state index contributed by atoms with van der Waals surface area (Å²) >= 11 is 6.01. The number of nitriles is 1. The Balaban J connectivity index is 2.21. The van der Waals surface area contributed by atoms with Crippen molar-refractivity contribution >= 4 is 17.4 Å². The number of hydrogen-bond donors (Lipinski definition) is 2. The second-order valence-electron chi connectivity index (χ2n) is 5.68. The highest BCUT2D eigenvalue weighted by molar-refractivity contribution is 6.30. The summed E-state index contributed by atoms with van der Waals surface area (Å²) in [6, 6.07) is 10.0. The second kappa shape index (κ2) is 6.99. The largest absolute Gasteiger partial charge is 0.368 e. The molecule has 0 saturated heterocycles. The van der Waals surface area contributed by atoms with Crippen LogP contribution in [0, 0.1) is 11.3 Å². The van der Waals surface area contributed by atoms with E-state index in [-0.39, 0.29) is 0 Å². The van der Waals surface area contributed by atoms with Gasteiger partial charge >= 0.3 is 0 Å². The zero-order chi connectivity index (χ0) is 16.2. The molecule has 3 N–H and O–H groups in total. The maximum absolute atomic E-state index is 9.73. The van der Waals surface area contributed by atoms with Gasteiger partial charge in [-0.05, 0) is 48.9 Å². The van der Waals surface area contributed by atoms with Crippen molar-refractivity contribution in [3.05, 3.63) is 46.1 Å². The Hall–Kier alpha value is -2.09. The SMILES string of the molecule is N#Cc1c(NCCN)nc2c(c1-c1ccc(Cl)cc1)CCCC2. The highest BCUT2D eigenvalue weighted by atomic mass is 35.5. The third-order valence-corrected chi connectivity index (χ3v) is 4.41. The molecule has 118 valence electrons. The standard InChI is InChI=1S/C18H19ClN4/c19-13-7-5-12(6-8-13)17-14-3-1-2-4-16(14)23-18(15(17)11-21)22-10-9-20/h5-8H,1-4,9-10,20H2,(H,22,23). The van der Waals surface area contributed by atoms with Crippen LogP contribution in [0.4, 0.5) is 5.82 Å². The lowest BCUT2D eigenvalue weighted by molar-refractivity contribution is 0.669. The molecule has 0 bridgehead atoms. The fraction of sp³-hybridized carbons (Fsp3) is 0.333. The number of aryl methyl sites for hydroxylation is 1. The maximum atomic E-state index is 9.73. The Morgan fingerprint density at radius 2 is 1.96 bits per heavy atom. The zero-order valence-corrected chi connectivity index (χ0v) is 13.7. The topological polar surface area (TPSA) is 74.7 Å². The van der Waals surface area contributed by atoms with Gasteiger partial charge in [-0.25, -0.2) is 4.98 Å². The summed E-state index contributed by atoms with van der Waals surface area (Å²) in [4.78, 5) is 4.71. The first-order chi connectivity index (χ1) is 11.2. The number of halogens is 1. The lowest BCUT2D eigenvalue weighted by Gasteiger charge is -2.22. The molecule has 4 nitrogen and oxygen atoms in total. The van der Waals surface area contributed by atoms with Crippen molar-refractivity contribution in [2.45, 2.75) is 25.7 Å². The summed E-state index contributed by atoms with van der Waals surface area (Å²) in [5, 5.41) is 13.6. The van der Waals surface area contributed by atoms with E-state index in [1.807, 2.05) is 24.3 Å².